The second-order valence-corrected chi connectivity index (χ2v) is 14.9. The Morgan fingerprint density at radius 2 is 1.81 bits per heavy atom. The lowest BCUT2D eigenvalue weighted by atomic mass is 10.1. The van der Waals surface area contributed by atoms with Gasteiger partial charge in [-0.2, -0.15) is 0 Å². The van der Waals surface area contributed by atoms with Crippen molar-refractivity contribution in [2.45, 2.75) is 59.2 Å². The van der Waals surface area contributed by atoms with E-state index in [1.165, 1.54) is 12.1 Å². The Bertz CT molecular complexity index is 872. The molecule has 31 heavy (non-hydrogen) atoms. The Kier molecular flexibility index (Phi) is 8.86. The number of ether oxygens (including phenoxy) is 1. The van der Waals surface area contributed by atoms with Crippen LogP contribution in [0.5, 0.6) is 5.75 Å². The molecule has 1 aromatic carbocycles. The van der Waals surface area contributed by atoms with Gasteiger partial charge in [-0.05, 0) is 55.1 Å². The zero-order chi connectivity index (χ0) is 23.2. The van der Waals surface area contributed by atoms with E-state index in [9.17, 15) is 9.18 Å². The highest BCUT2D eigenvalue weighted by Gasteiger charge is 2.36. The zero-order valence-electron chi connectivity index (χ0n) is 19.9. The first-order valence-corrected chi connectivity index (χ1v) is 14.7. The van der Waals surface area contributed by atoms with Gasteiger partial charge in [0.1, 0.15) is 18.2 Å². The lowest BCUT2D eigenvalue weighted by Crippen LogP contribution is -2.41. The molecule has 1 amide bonds. The number of carbonyl (C=O) groups is 1. The Morgan fingerprint density at radius 1 is 1.13 bits per heavy atom. The molecule has 0 saturated carbocycles. The van der Waals surface area contributed by atoms with Gasteiger partial charge in [-0.3, -0.25) is 4.79 Å². The molecule has 0 saturated heterocycles. The van der Waals surface area contributed by atoms with E-state index in [4.69, 9.17) is 9.16 Å². The van der Waals surface area contributed by atoms with E-state index in [2.05, 4.69) is 33.9 Å². The van der Waals surface area contributed by atoms with Crippen LogP contribution in [-0.2, 0) is 10.8 Å². The molecule has 0 spiro atoms. The van der Waals surface area contributed by atoms with Gasteiger partial charge in [-0.25, -0.2) is 4.39 Å². The van der Waals surface area contributed by atoms with Gasteiger partial charge in [0.05, 0.1) is 12.2 Å². The number of halogens is 1. The molecule has 172 valence electrons. The second-order valence-electron chi connectivity index (χ2n) is 9.12. The minimum atomic E-state index is -1.85. The van der Waals surface area contributed by atoms with Crippen LogP contribution in [0.25, 0.3) is 0 Å². The highest BCUT2D eigenvalue weighted by atomic mass is 32.1. The summed E-state index contributed by atoms with van der Waals surface area (Å²) in [6.45, 7) is 17.1. The molecule has 0 fully saturated rings. The molecule has 0 aliphatic carbocycles. The fourth-order valence-electron chi connectivity index (χ4n) is 3.00. The van der Waals surface area contributed by atoms with Crippen LogP contribution in [0.3, 0.4) is 0 Å². The largest absolute Gasteiger partial charge is 0.491 e. The van der Waals surface area contributed by atoms with Crippen LogP contribution in [0.2, 0.25) is 18.1 Å². The van der Waals surface area contributed by atoms with Gasteiger partial charge in [0, 0.05) is 30.5 Å². The summed E-state index contributed by atoms with van der Waals surface area (Å²) < 4.78 is 26.0. The topological polar surface area (TPSA) is 38.8 Å². The Morgan fingerprint density at radius 3 is 2.42 bits per heavy atom. The predicted octanol–water partition coefficient (Wildman–Crippen LogP) is 6.36. The van der Waals surface area contributed by atoms with E-state index in [1.807, 2.05) is 30.2 Å². The molecule has 0 radical (unpaired) electrons. The SMILES string of the molecule is CCN(CC)C(=O)c1ccsc1Cc1ccc(F)cc1OCCO[Si](C)(C)C(C)(C)C. The van der Waals surface area contributed by atoms with Gasteiger partial charge in [0.25, 0.3) is 5.91 Å². The molecule has 7 heteroatoms. The Balaban J connectivity index is 2.12. The van der Waals surface area contributed by atoms with Gasteiger partial charge >= 0.3 is 0 Å². The van der Waals surface area contributed by atoms with E-state index in [1.54, 1.807) is 17.4 Å². The maximum absolute atomic E-state index is 13.9. The molecular weight excluding hydrogens is 429 g/mol. The molecule has 1 aromatic heterocycles. The summed E-state index contributed by atoms with van der Waals surface area (Å²) in [4.78, 5) is 15.6. The minimum Gasteiger partial charge on any atom is -0.491 e. The van der Waals surface area contributed by atoms with Gasteiger partial charge < -0.3 is 14.1 Å². The number of thiophene rings is 1. The van der Waals surface area contributed by atoms with Crippen molar-refractivity contribution in [1.29, 1.82) is 0 Å². The molecule has 4 nitrogen and oxygen atoms in total. The smallest absolute Gasteiger partial charge is 0.254 e. The molecule has 2 aromatic rings. The van der Waals surface area contributed by atoms with Crippen LogP contribution in [-0.4, -0.2) is 45.4 Å². The normalized spacial score (nSPS) is 12.1. The third-order valence-corrected chi connectivity index (χ3v) is 11.5. The van der Waals surface area contributed by atoms with Crippen LogP contribution in [0.4, 0.5) is 4.39 Å². The van der Waals surface area contributed by atoms with Crippen molar-refractivity contribution in [1.82, 2.24) is 4.90 Å². The monoisotopic (exact) mass is 465 g/mol. The minimum absolute atomic E-state index is 0.0357. The quantitative estimate of drug-likeness (QED) is 0.303. The molecule has 2 rings (SSSR count). The second kappa shape index (κ2) is 10.7. The summed E-state index contributed by atoms with van der Waals surface area (Å²) in [5.41, 5.74) is 1.58. The van der Waals surface area contributed by atoms with Crippen molar-refractivity contribution < 1.29 is 18.3 Å². The highest BCUT2D eigenvalue weighted by Crippen LogP contribution is 2.36. The van der Waals surface area contributed by atoms with Crippen LogP contribution in [0, 0.1) is 5.82 Å². The molecule has 0 N–H and O–H groups in total. The molecular formula is C24H36FNO3SSi. The number of hydrogen-bond donors (Lipinski definition) is 0. The fourth-order valence-corrected chi connectivity index (χ4v) is 4.91. The van der Waals surface area contributed by atoms with Gasteiger partial charge in [-0.15, -0.1) is 11.3 Å². The first-order chi connectivity index (χ1) is 14.5. The van der Waals surface area contributed by atoms with Crippen molar-refractivity contribution in [3.05, 3.63) is 51.5 Å². The Labute approximate surface area is 191 Å². The molecule has 1 heterocycles. The number of hydrogen-bond acceptors (Lipinski definition) is 4. The van der Waals surface area contributed by atoms with Crippen LogP contribution in [0.15, 0.2) is 29.6 Å². The van der Waals surface area contributed by atoms with E-state index in [0.29, 0.717) is 44.0 Å². The molecule has 0 atom stereocenters. The highest BCUT2D eigenvalue weighted by molar-refractivity contribution is 7.10. The summed E-state index contributed by atoms with van der Waals surface area (Å²) in [5.74, 6) is 0.205. The van der Waals surface area contributed by atoms with Crippen LogP contribution >= 0.6 is 11.3 Å². The standard InChI is InChI=1S/C24H36FNO3SSi/c1-8-26(9-2)23(27)20-12-15-30-22(20)16-18-10-11-19(25)17-21(18)28-13-14-29-31(6,7)24(3,4)5/h10-12,15,17H,8-9,13-14,16H2,1-7H3. The summed E-state index contributed by atoms with van der Waals surface area (Å²) in [6, 6.07) is 6.47. The third kappa shape index (κ3) is 6.64. The van der Waals surface area contributed by atoms with Crippen molar-refractivity contribution in [2.75, 3.05) is 26.3 Å². The van der Waals surface area contributed by atoms with Crippen molar-refractivity contribution in [3.63, 3.8) is 0 Å². The summed E-state index contributed by atoms with van der Waals surface area (Å²) >= 11 is 1.54. The first kappa shape index (κ1) is 25.6. The average molecular weight is 466 g/mol. The van der Waals surface area contributed by atoms with Gasteiger partial charge in [0.2, 0.25) is 0 Å². The van der Waals surface area contributed by atoms with Crippen LogP contribution < -0.4 is 4.74 Å². The van der Waals surface area contributed by atoms with Crippen molar-refractivity contribution >= 4 is 25.6 Å². The number of rotatable bonds is 10. The third-order valence-electron chi connectivity index (χ3n) is 6.02. The van der Waals surface area contributed by atoms with Gasteiger partial charge in [-0.1, -0.05) is 26.8 Å². The first-order valence-electron chi connectivity index (χ1n) is 10.9. The predicted molar refractivity (Wildman–Crippen MR) is 129 cm³/mol. The lowest BCUT2D eigenvalue weighted by molar-refractivity contribution is 0.0772. The van der Waals surface area contributed by atoms with E-state index >= 15 is 0 Å². The maximum atomic E-state index is 13.9. The molecule has 0 bridgehead atoms. The van der Waals surface area contributed by atoms with E-state index < -0.39 is 8.32 Å². The van der Waals surface area contributed by atoms with Gasteiger partial charge in [0.15, 0.2) is 8.32 Å². The van der Waals surface area contributed by atoms with E-state index in [-0.39, 0.29) is 16.8 Å². The molecule has 0 unspecified atom stereocenters. The maximum Gasteiger partial charge on any atom is 0.254 e. The van der Waals surface area contributed by atoms with Crippen LogP contribution in [0.1, 0.15) is 55.4 Å². The Hall–Kier alpha value is -1.70. The average Bonchev–Trinajstić information content (AvgIpc) is 3.15. The lowest BCUT2D eigenvalue weighted by Gasteiger charge is -2.36. The number of carbonyl (C=O) groups excluding carboxylic acids is 1. The number of benzene rings is 1. The van der Waals surface area contributed by atoms with Crippen molar-refractivity contribution in [2.24, 2.45) is 0 Å². The van der Waals surface area contributed by atoms with E-state index in [0.717, 1.165) is 10.4 Å². The number of nitrogens with zero attached hydrogens (tertiary/aromatic N) is 1. The number of amides is 1. The zero-order valence-corrected chi connectivity index (χ0v) is 21.7. The summed E-state index contributed by atoms with van der Waals surface area (Å²) in [5, 5.41) is 2.06. The van der Waals surface area contributed by atoms with Crippen molar-refractivity contribution in [3.8, 4) is 5.75 Å². The fraction of sp³-hybridized carbons (Fsp3) is 0.542. The summed E-state index contributed by atoms with van der Waals surface area (Å²) in [7, 11) is -1.85. The summed E-state index contributed by atoms with van der Waals surface area (Å²) in [6.07, 6.45) is 0.527. The molecule has 0 aliphatic rings. The molecule has 0 aliphatic heterocycles.